The summed E-state index contributed by atoms with van der Waals surface area (Å²) < 4.78 is 0. The molecule has 2 nitrogen and oxygen atoms in total. The van der Waals surface area contributed by atoms with Gasteiger partial charge in [0.2, 0.25) is 0 Å². The lowest BCUT2D eigenvalue weighted by molar-refractivity contribution is 0.0913. The molecule has 0 aromatic rings. The summed E-state index contributed by atoms with van der Waals surface area (Å²) in [6, 6.07) is 0. The van der Waals surface area contributed by atoms with E-state index in [2.05, 4.69) is 52.8 Å². The fourth-order valence-corrected chi connectivity index (χ4v) is 5.26. The summed E-state index contributed by atoms with van der Waals surface area (Å²) in [5.74, 6) is 2.40. The largest absolute Gasteiger partial charge is 0.393 e. The first kappa shape index (κ1) is 21.7. The van der Waals surface area contributed by atoms with Gasteiger partial charge in [0.1, 0.15) is 0 Å². The zero-order chi connectivity index (χ0) is 19.3. The monoisotopic (exact) mass is 362 g/mol. The first-order valence-electron chi connectivity index (χ1n) is 10.9. The number of hydrogen-bond donors (Lipinski definition) is 2. The van der Waals surface area contributed by atoms with Crippen LogP contribution in [0.1, 0.15) is 86.0 Å². The van der Waals surface area contributed by atoms with E-state index in [0.29, 0.717) is 23.2 Å². The van der Waals surface area contributed by atoms with E-state index in [0.717, 1.165) is 44.4 Å². The van der Waals surface area contributed by atoms with Gasteiger partial charge in [-0.25, -0.2) is 0 Å². The predicted molar refractivity (Wildman–Crippen MR) is 111 cm³/mol. The topological polar surface area (TPSA) is 40.5 Å². The Balaban J connectivity index is 1.90. The van der Waals surface area contributed by atoms with Crippen LogP contribution in [0.15, 0.2) is 23.8 Å². The summed E-state index contributed by atoms with van der Waals surface area (Å²) in [5.41, 5.74) is 1.73. The Kier molecular flexibility index (Phi) is 7.97. The molecule has 0 spiro atoms. The molecule has 0 bridgehead atoms. The maximum atomic E-state index is 10.1. The lowest BCUT2D eigenvalue weighted by Crippen LogP contribution is -2.29. The van der Waals surface area contributed by atoms with Crippen molar-refractivity contribution in [2.45, 2.75) is 98.2 Å². The van der Waals surface area contributed by atoms with Crippen LogP contribution in [-0.4, -0.2) is 22.4 Å². The minimum Gasteiger partial charge on any atom is -0.393 e. The Labute approximate surface area is 161 Å². The number of rotatable bonds is 7. The third-order valence-corrected chi connectivity index (χ3v) is 7.28. The molecule has 0 aromatic heterocycles. The molecule has 0 heterocycles. The number of aliphatic hydroxyl groups excluding tert-OH is 2. The van der Waals surface area contributed by atoms with E-state index in [1.807, 2.05) is 0 Å². The first-order chi connectivity index (χ1) is 12.2. The molecule has 2 fully saturated rings. The van der Waals surface area contributed by atoms with Crippen molar-refractivity contribution in [1.82, 2.24) is 0 Å². The molecular formula is C24H42O2. The Bertz CT molecular complexity index is 488. The molecule has 0 saturated heterocycles. The summed E-state index contributed by atoms with van der Waals surface area (Å²) in [4.78, 5) is 0. The second-order valence-corrected chi connectivity index (χ2v) is 9.94. The second kappa shape index (κ2) is 9.55. The van der Waals surface area contributed by atoms with E-state index in [4.69, 9.17) is 0 Å². The second-order valence-electron chi connectivity index (χ2n) is 9.94. The summed E-state index contributed by atoms with van der Waals surface area (Å²) in [6.07, 6.45) is 15.4. The summed E-state index contributed by atoms with van der Waals surface area (Å²) in [5, 5.41) is 19.9. The SMILES string of the molecule is CC(CC[C@@H](O)C(C)C)C1CC[C@@H](/C=C/C=C2/CCC[C@H](O)C2)C1(C)C. The van der Waals surface area contributed by atoms with Gasteiger partial charge in [-0.3, -0.25) is 0 Å². The maximum Gasteiger partial charge on any atom is 0.0577 e. The molecule has 2 saturated carbocycles. The summed E-state index contributed by atoms with van der Waals surface area (Å²) in [6.45, 7) is 11.5. The fraction of sp³-hybridized carbons (Fsp3) is 0.833. The average molecular weight is 363 g/mol. The quantitative estimate of drug-likeness (QED) is 0.593. The van der Waals surface area contributed by atoms with E-state index in [1.54, 1.807) is 0 Å². The maximum absolute atomic E-state index is 10.1. The smallest absolute Gasteiger partial charge is 0.0577 e. The highest BCUT2D eigenvalue weighted by molar-refractivity contribution is 5.17. The van der Waals surface area contributed by atoms with Crippen molar-refractivity contribution in [2.75, 3.05) is 0 Å². The number of hydrogen-bond acceptors (Lipinski definition) is 2. The molecule has 2 aliphatic carbocycles. The van der Waals surface area contributed by atoms with Gasteiger partial charge in [-0.1, -0.05) is 58.4 Å². The Morgan fingerprint density at radius 2 is 1.85 bits per heavy atom. The van der Waals surface area contributed by atoms with Crippen molar-refractivity contribution in [2.24, 2.45) is 29.1 Å². The molecule has 2 rings (SSSR count). The fourth-order valence-electron chi connectivity index (χ4n) is 5.26. The Hall–Kier alpha value is -0.600. The van der Waals surface area contributed by atoms with Crippen LogP contribution in [-0.2, 0) is 0 Å². The minimum atomic E-state index is -0.157. The molecule has 0 radical (unpaired) electrons. The van der Waals surface area contributed by atoms with E-state index in [9.17, 15) is 10.2 Å². The normalized spacial score (nSPS) is 33.2. The van der Waals surface area contributed by atoms with Gasteiger partial charge in [-0.05, 0) is 80.5 Å². The van der Waals surface area contributed by atoms with E-state index in [1.165, 1.54) is 18.4 Å². The highest BCUT2D eigenvalue weighted by Gasteiger charge is 2.43. The van der Waals surface area contributed by atoms with Crippen LogP contribution in [0.4, 0.5) is 0 Å². The van der Waals surface area contributed by atoms with Crippen LogP contribution < -0.4 is 0 Å². The van der Waals surface area contributed by atoms with Crippen molar-refractivity contribution in [3.8, 4) is 0 Å². The highest BCUT2D eigenvalue weighted by Crippen LogP contribution is 2.52. The molecular weight excluding hydrogens is 320 g/mol. The predicted octanol–water partition coefficient (Wildman–Crippen LogP) is 5.89. The van der Waals surface area contributed by atoms with Crippen molar-refractivity contribution in [3.05, 3.63) is 23.8 Å². The molecule has 2 unspecified atom stereocenters. The lowest BCUT2D eigenvalue weighted by Gasteiger charge is -2.36. The third kappa shape index (κ3) is 5.70. The average Bonchev–Trinajstić information content (AvgIpc) is 2.87. The molecule has 0 aliphatic heterocycles. The van der Waals surface area contributed by atoms with E-state index < -0.39 is 0 Å². The van der Waals surface area contributed by atoms with Crippen LogP contribution in [0.5, 0.6) is 0 Å². The summed E-state index contributed by atoms with van der Waals surface area (Å²) in [7, 11) is 0. The van der Waals surface area contributed by atoms with Crippen molar-refractivity contribution < 1.29 is 10.2 Å². The van der Waals surface area contributed by atoms with Gasteiger partial charge in [0, 0.05) is 0 Å². The van der Waals surface area contributed by atoms with Crippen LogP contribution >= 0.6 is 0 Å². The lowest BCUT2D eigenvalue weighted by atomic mass is 9.69. The molecule has 5 atom stereocenters. The molecule has 2 heteroatoms. The van der Waals surface area contributed by atoms with Crippen molar-refractivity contribution in [3.63, 3.8) is 0 Å². The van der Waals surface area contributed by atoms with Gasteiger partial charge in [0.15, 0.2) is 0 Å². The van der Waals surface area contributed by atoms with Crippen molar-refractivity contribution >= 4 is 0 Å². The van der Waals surface area contributed by atoms with Gasteiger partial charge in [-0.15, -0.1) is 0 Å². The molecule has 150 valence electrons. The van der Waals surface area contributed by atoms with Gasteiger partial charge < -0.3 is 10.2 Å². The Morgan fingerprint density at radius 1 is 1.12 bits per heavy atom. The van der Waals surface area contributed by atoms with Crippen LogP contribution in [0.3, 0.4) is 0 Å². The Morgan fingerprint density at radius 3 is 2.50 bits per heavy atom. The molecule has 2 aliphatic rings. The minimum absolute atomic E-state index is 0.127. The van der Waals surface area contributed by atoms with E-state index >= 15 is 0 Å². The van der Waals surface area contributed by atoms with Crippen LogP contribution in [0, 0.1) is 29.1 Å². The molecule has 0 amide bonds. The first-order valence-corrected chi connectivity index (χ1v) is 10.9. The van der Waals surface area contributed by atoms with Gasteiger partial charge in [-0.2, -0.15) is 0 Å². The van der Waals surface area contributed by atoms with Crippen molar-refractivity contribution in [1.29, 1.82) is 0 Å². The zero-order valence-corrected chi connectivity index (χ0v) is 17.7. The molecule has 2 N–H and O–H groups in total. The molecule has 0 aromatic carbocycles. The van der Waals surface area contributed by atoms with E-state index in [-0.39, 0.29) is 12.2 Å². The number of aliphatic hydroxyl groups is 2. The van der Waals surface area contributed by atoms with Gasteiger partial charge >= 0.3 is 0 Å². The van der Waals surface area contributed by atoms with Crippen LogP contribution in [0.25, 0.3) is 0 Å². The van der Waals surface area contributed by atoms with Crippen LogP contribution in [0.2, 0.25) is 0 Å². The summed E-state index contributed by atoms with van der Waals surface area (Å²) >= 11 is 0. The van der Waals surface area contributed by atoms with Gasteiger partial charge in [0.25, 0.3) is 0 Å². The molecule has 26 heavy (non-hydrogen) atoms. The standard InChI is InChI=1S/C24H42O2/c1-17(2)23(26)15-12-18(3)22-14-13-20(24(22,4)5)10-6-8-19-9-7-11-21(25)16-19/h6,8,10,17-18,20-23,25-26H,7,9,11-16H2,1-5H3/b10-6+,19-8-/t18?,20-,21+,22?,23-/m1/s1. The number of allylic oxidation sites excluding steroid dienone is 3. The zero-order valence-electron chi connectivity index (χ0n) is 17.7. The van der Waals surface area contributed by atoms with Gasteiger partial charge in [0.05, 0.1) is 12.2 Å². The third-order valence-electron chi connectivity index (χ3n) is 7.28. The highest BCUT2D eigenvalue weighted by atomic mass is 16.3.